The number of benzene rings is 3. The average molecular weight is 357 g/mol. The van der Waals surface area contributed by atoms with Crippen LogP contribution in [0.15, 0.2) is 72.8 Å². The predicted octanol–water partition coefficient (Wildman–Crippen LogP) is 6.11. The van der Waals surface area contributed by atoms with Crippen LogP contribution in [0, 0.1) is 6.92 Å². The minimum atomic E-state index is 0.704. The van der Waals surface area contributed by atoms with Gasteiger partial charge in [-0.05, 0) is 72.2 Å². The minimum absolute atomic E-state index is 0.704. The van der Waals surface area contributed by atoms with E-state index in [0.717, 1.165) is 24.6 Å². The molecule has 3 aromatic rings. The molecule has 0 aliphatic heterocycles. The van der Waals surface area contributed by atoms with E-state index in [1.165, 1.54) is 40.8 Å². The van der Waals surface area contributed by atoms with E-state index in [2.05, 4.69) is 85.0 Å². The fraction of sp³-hybridized carbons (Fsp3) is 0.280. The molecule has 0 amide bonds. The first kappa shape index (κ1) is 17.7. The number of nitrogens with one attached hydrogen (secondary N) is 1. The summed E-state index contributed by atoms with van der Waals surface area (Å²) in [6.07, 6.45) is 3.64. The largest absolute Gasteiger partial charge is 0.493 e. The molecule has 2 nitrogen and oxygen atoms in total. The van der Waals surface area contributed by atoms with Crippen LogP contribution in [-0.4, -0.2) is 6.61 Å². The Morgan fingerprint density at radius 1 is 0.889 bits per heavy atom. The lowest BCUT2D eigenvalue weighted by atomic mass is 10.1. The maximum Gasteiger partial charge on any atom is 0.119 e. The summed E-state index contributed by atoms with van der Waals surface area (Å²) in [6.45, 7) is 3.68. The molecule has 0 atom stereocenters. The maximum absolute atomic E-state index is 5.90. The second-order valence-electron chi connectivity index (χ2n) is 7.42. The van der Waals surface area contributed by atoms with Crippen molar-refractivity contribution < 1.29 is 4.74 Å². The smallest absolute Gasteiger partial charge is 0.119 e. The molecule has 1 saturated carbocycles. The van der Waals surface area contributed by atoms with Gasteiger partial charge in [0.1, 0.15) is 5.75 Å². The predicted molar refractivity (Wildman–Crippen MR) is 113 cm³/mol. The Labute approximate surface area is 162 Å². The van der Waals surface area contributed by atoms with Crippen molar-refractivity contribution in [2.24, 2.45) is 0 Å². The highest BCUT2D eigenvalue weighted by Gasteiger charge is 2.22. The monoisotopic (exact) mass is 357 g/mol. The summed E-state index contributed by atoms with van der Waals surface area (Å²) < 4.78 is 5.90. The van der Waals surface area contributed by atoms with Crippen LogP contribution in [0.5, 0.6) is 5.75 Å². The summed E-state index contributed by atoms with van der Waals surface area (Å²) in [5, 5.41) is 3.50. The molecular weight excluding hydrogens is 330 g/mol. The fourth-order valence-corrected chi connectivity index (χ4v) is 3.37. The molecule has 0 saturated heterocycles. The first-order chi connectivity index (χ1) is 13.3. The van der Waals surface area contributed by atoms with E-state index in [9.17, 15) is 0 Å². The van der Waals surface area contributed by atoms with Crippen LogP contribution in [0.2, 0.25) is 0 Å². The Morgan fingerprint density at radius 3 is 2.33 bits per heavy atom. The minimum Gasteiger partial charge on any atom is -0.493 e. The molecule has 1 N–H and O–H groups in total. The highest BCUT2D eigenvalue weighted by molar-refractivity contribution is 5.46. The normalized spacial score (nSPS) is 13.4. The van der Waals surface area contributed by atoms with Crippen molar-refractivity contribution in [2.75, 3.05) is 11.9 Å². The molecule has 1 fully saturated rings. The number of aryl methyl sites for hydroxylation is 1. The molecule has 138 valence electrons. The third-order valence-corrected chi connectivity index (χ3v) is 5.28. The highest BCUT2D eigenvalue weighted by Crippen LogP contribution is 2.40. The number of hydrogen-bond acceptors (Lipinski definition) is 2. The zero-order valence-electron chi connectivity index (χ0n) is 15.9. The lowest BCUT2D eigenvalue weighted by Gasteiger charge is -2.10. The SMILES string of the molecule is Cc1ccccc1CCOc1ccc(CNc2ccc(C3CC3)cc2)cc1. The van der Waals surface area contributed by atoms with Crippen molar-refractivity contribution >= 4 is 5.69 Å². The molecule has 1 aliphatic carbocycles. The average Bonchev–Trinajstić information content (AvgIpc) is 3.55. The van der Waals surface area contributed by atoms with Gasteiger partial charge in [-0.25, -0.2) is 0 Å². The van der Waals surface area contributed by atoms with Gasteiger partial charge in [-0.15, -0.1) is 0 Å². The van der Waals surface area contributed by atoms with E-state index < -0.39 is 0 Å². The van der Waals surface area contributed by atoms with Crippen molar-refractivity contribution in [3.05, 3.63) is 95.1 Å². The van der Waals surface area contributed by atoms with Gasteiger partial charge in [0.05, 0.1) is 6.61 Å². The van der Waals surface area contributed by atoms with Gasteiger partial charge < -0.3 is 10.1 Å². The lowest BCUT2D eigenvalue weighted by Crippen LogP contribution is -2.03. The van der Waals surface area contributed by atoms with E-state index in [0.29, 0.717) is 6.61 Å². The van der Waals surface area contributed by atoms with E-state index in [4.69, 9.17) is 4.74 Å². The van der Waals surface area contributed by atoms with Crippen LogP contribution in [-0.2, 0) is 13.0 Å². The van der Waals surface area contributed by atoms with Gasteiger partial charge in [0.2, 0.25) is 0 Å². The van der Waals surface area contributed by atoms with E-state index >= 15 is 0 Å². The molecule has 0 spiro atoms. The molecule has 2 heteroatoms. The molecule has 0 aromatic heterocycles. The van der Waals surface area contributed by atoms with Crippen molar-refractivity contribution in [1.29, 1.82) is 0 Å². The van der Waals surface area contributed by atoms with Crippen LogP contribution in [0.3, 0.4) is 0 Å². The Balaban J connectivity index is 1.24. The third-order valence-electron chi connectivity index (χ3n) is 5.28. The number of anilines is 1. The second-order valence-corrected chi connectivity index (χ2v) is 7.42. The zero-order valence-corrected chi connectivity index (χ0v) is 15.9. The number of hydrogen-bond donors (Lipinski definition) is 1. The first-order valence-corrected chi connectivity index (χ1v) is 9.88. The molecule has 0 bridgehead atoms. The highest BCUT2D eigenvalue weighted by atomic mass is 16.5. The van der Waals surface area contributed by atoms with Crippen molar-refractivity contribution in [3.63, 3.8) is 0 Å². The molecular formula is C25H27NO. The summed E-state index contributed by atoms with van der Waals surface area (Å²) >= 11 is 0. The Kier molecular flexibility index (Phi) is 5.43. The van der Waals surface area contributed by atoms with Gasteiger partial charge in [0.25, 0.3) is 0 Å². The van der Waals surface area contributed by atoms with Crippen LogP contribution >= 0.6 is 0 Å². The topological polar surface area (TPSA) is 21.3 Å². The van der Waals surface area contributed by atoms with Gasteiger partial charge in [-0.1, -0.05) is 48.5 Å². The third kappa shape index (κ3) is 4.91. The molecule has 0 unspecified atom stereocenters. The summed E-state index contributed by atoms with van der Waals surface area (Å²) in [7, 11) is 0. The second kappa shape index (κ2) is 8.30. The van der Waals surface area contributed by atoms with Crippen LogP contribution in [0.25, 0.3) is 0 Å². The Bertz CT molecular complexity index is 864. The van der Waals surface area contributed by atoms with Crippen molar-refractivity contribution in [3.8, 4) is 5.75 Å². The Hall–Kier alpha value is -2.74. The molecule has 0 radical (unpaired) electrons. The molecule has 4 rings (SSSR count). The molecule has 3 aromatic carbocycles. The lowest BCUT2D eigenvalue weighted by molar-refractivity contribution is 0.321. The van der Waals surface area contributed by atoms with Crippen molar-refractivity contribution in [2.45, 2.75) is 38.6 Å². The summed E-state index contributed by atoms with van der Waals surface area (Å²) in [5.74, 6) is 1.75. The molecule has 1 aliphatic rings. The van der Waals surface area contributed by atoms with Crippen LogP contribution in [0.1, 0.15) is 41.0 Å². The van der Waals surface area contributed by atoms with Gasteiger partial charge in [0.15, 0.2) is 0 Å². The molecule has 27 heavy (non-hydrogen) atoms. The van der Waals surface area contributed by atoms with E-state index in [1.807, 2.05) is 0 Å². The van der Waals surface area contributed by atoms with E-state index in [-0.39, 0.29) is 0 Å². The first-order valence-electron chi connectivity index (χ1n) is 9.88. The van der Waals surface area contributed by atoms with Gasteiger partial charge >= 0.3 is 0 Å². The van der Waals surface area contributed by atoms with E-state index in [1.54, 1.807) is 0 Å². The zero-order chi connectivity index (χ0) is 18.5. The van der Waals surface area contributed by atoms with Gasteiger partial charge in [0, 0.05) is 18.7 Å². The summed E-state index contributed by atoms with van der Waals surface area (Å²) in [6, 6.07) is 25.8. The van der Waals surface area contributed by atoms with Crippen LogP contribution < -0.4 is 10.1 Å². The standard InChI is InChI=1S/C25H27NO/c1-19-4-2-3-5-21(19)16-17-27-25-14-6-20(7-15-25)18-26-24-12-10-23(11-13-24)22-8-9-22/h2-7,10-15,22,26H,8-9,16-18H2,1H3. The van der Waals surface area contributed by atoms with Gasteiger partial charge in [-0.3, -0.25) is 0 Å². The summed E-state index contributed by atoms with van der Waals surface area (Å²) in [5.41, 5.74) is 6.59. The number of ether oxygens (including phenoxy) is 1. The van der Waals surface area contributed by atoms with Crippen LogP contribution in [0.4, 0.5) is 5.69 Å². The van der Waals surface area contributed by atoms with Crippen molar-refractivity contribution in [1.82, 2.24) is 0 Å². The number of rotatable bonds is 8. The maximum atomic E-state index is 5.90. The fourth-order valence-electron chi connectivity index (χ4n) is 3.37. The quantitative estimate of drug-likeness (QED) is 0.525. The summed E-state index contributed by atoms with van der Waals surface area (Å²) in [4.78, 5) is 0. The molecule has 0 heterocycles. The van der Waals surface area contributed by atoms with Gasteiger partial charge in [-0.2, -0.15) is 0 Å². The Morgan fingerprint density at radius 2 is 1.63 bits per heavy atom.